The minimum atomic E-state index is -0.299. The number of carbonyl (C=O) groups is 1. The largest absolute Gasteiger partial charge is 0.341 e. The lowest BCUT2D eigenvalue weighted by Gasteiger charge is -2.42. The van der Waals surface area contributed by atoms with Crippen LogP contribution >= 0.6 is 0 Å². The Hall–Kier alpha value is -2.43. The summed E-state index contributed by atoms with van der Waals surface area (Å²) in [6, 6.07) is 10.4. The Balaban J connectivity index is 1.61. The van der Waals surface area contributed by atoms with E-state index in [1.54, 1.807) is 12.4 Å². The van der Waals surface area contributed by atoms with Crippen LogP contribution in [0.4, 0.5) is 5.95 Å². The van der Waals surface area contributed by atoms with E-state index in [1.165, 1.54) is 11.1 Å². The molecular formula is C22H28N4O. The molecule has 0 aliphatic carbocycles. The highest BCUT2D eigenvalue weighted by atomic mass is 16.2. The van der Waals surface area contributed by atoms with E-state index in [0.29, 0.717) is 11.8 Å². The first-order chi connectivity index (χ1) is 13.1. The number of benzene rings is 1. The summed E-state index contributed by atoms with van der Waals surface area (Å²) in [6.45, 7) is 7.58. The third kappa shape index (κ3) is 3.55. The van der Waals surface area contributed by atoms with Crippen LogP contribution in [0.3, 0.4) is 0 Å². The van der Waals surface area contributed by atoms with Crippen molar-refractivity contribution in [3.63, 3.8) is 0 Å². The third-order valence-electron chi connectivity index (χ3n) is 5.89. The summed E-state index contributed by atoms with van der Waals surface area (Å²) in [5.41, 5.74) is 2.34. The Labute approximate surface area is 161 Å². The molecule has 0 unspecified atom stereocenters. The molecular weight excluding hydrogens is 336 g/mol. The topological polar surface area (TPSA) is 49.3 Å². The zero-order valence-corrected chi connectivity index (χ0v) is 16.3. The molecule has 2 aromatic rings. The molecule has 0 saturated carbocycles. The predicted octanol–water partition coefficient (Wildman–Crippen LogP) is 3.30. The zero-order valence-electron chi connectivity index (χ0n) is 16.3. The molecule has 2 aliphatic rings. The van der Waals surface area contributed by atoms with E-state index in [9.17, 15) is 4.79 Å². The van der Waals surface area contributed by atoms with Crippen LogP contribution in [0.5, 0.6) is 0 Å². The molecule has 0 atom stereocenters. The maximum atomic E-state index is 13.6. The summed E-state index contributed by atoms with van der Waals surface area (Å²) in [4.78, 5) is 26.7. The summed E-state index contributed by atoms with van der Waals surface area (Å²) < 4.78 is 0. The fourth-order valence-electron chi connectivity index (χ4n) is 4.51. The fraction of sp³-hybridized carbons (Fsp3) is 0.500. The second-order valence-electron chi connectivity index (χ2n) is 8.34. The molecule has 5 nitrogen and oxygen atoms in total. The number of hydrogen-bond acceptors (Lipinski definition) is 4. The molecule has 1 saturated heterocycles. The van der Waals surface area contributed by atoms with Gasteiger partial charge in [0, 0.05) is 38.6 Å². The molecule has 0 bridgehead atoms. The molecule has 1 amide bonds. The van der Waals surface area contributed by atoms with Crippen LogP contribution in [0.2, 0.25) is 0 Å². The van der Waals surface area contributed by atoms with Gasteiger partial charge in [0.2, 0.25) is 11.9 Å². The number of nitrogens with zero attached hydrogens (tertiary/aromatic N) is 4. The van der Waals surface area contributed by atoms with Gasteiger partial charge >= 0.3 is 0 Å². The molecule has 4 rings (SSSR count). The van der Waals surface area contributed by atoms with Gasteiger partial charge in [0.25, 0.3) is 0 Å². The minimum absolute atomic E-state index is 0.299. The van der Waals surface area contributed by atoms with E-state index >= 15 is 0 Å². The van der Waals surface area contributed by atoms with Crippen LogP contribution in [-0.4, -0.2) is 40.4 Å². The van der Waals surface area contributed by atoms with Gasteiger partial charge in [-0.2, -0.15) is 0 Å². The Morgan fingerprint density at radius 1 is 1.04 bits per heavy atom. The Kier molecular flexibility index (Phi) is 4.85. The van der Waals surface area contributed by atoms with E-state index in [4.69, 9.17) is 0 Å². The second kappa shape index (κ2) is 7.29. The quantitative estimate of drug-likeness (QED) is 0.838. The van der Waals surface area contributed by atoms with E-state index in [1.807, 2.05) is 6.07 Å². The number of carbonyl (C=O) groups excluding carboxylic acids is 1. The van der Waals surface area contributed by atoms with E-state index < -0.39 is 0 Å². The Bertz CT molecular complexity index is 797. The van der Waals surface area contributed by atoms with Gasteiger partial charge in [0.1, 0.15) is 0 Å². The molecule has 3 heterocycles. The number of hydrogen-bond donors (Lipinski definition) is 0. The molecule has 1 fully saturated rings. The molecule has 1 aromatic heterocycles. The molecule has 27 heavy (non-hydrogen) atoms. The van der Waals surface area contributed by atoms with Gasteiger partial charge in [-0.05, 0) is 42.4 Å². The lowest BCUT2D eigenvalue weighted by molar-refractivity contribution is -0.144. The molecule has 1 spiro atoms. The monoisotopic (exact) mass is 364 g/mol. The van der Waals surface area contributed by atoms with Crippen molar-refractivity contribution in [1.29, 1.82) is 0 Å². The van der Waals surface area contributed by atoms with Crippen molar-refractivity contribution in [3.8, 4) is 0 Å². The van der Waals surface area contributed by atoms with Gasteiger partial charge in [-0.3, -0.25) is 4.79 Å². The molecule has 0 N–H and O–H groups in total. The molecule has 1 aromatic carbocycles. The standard InChI is InChI=1S/C22H28N4O/c1-17(2)15-26-16-19-7-4-3-6-18(19)14-22(20(26)27)8-12-25(13-9-22)21-23-10-5-11-24-21/h3-7,10-11,17H,8-9,12-16H2,1-2H3. The number of anilines is 1. The average Bonchev–Trinajstić information content (AvgIpc) is 2.79. The van der Waals surface area contributed by atoms with E-state index in [0.717, 1.165) is 51.4 Å². The van der Waals surface area contributed by atoms with Crippen molar-refractivity contribution >= 4 is 11.9 Å². The first-order valence-corrected chi connectivity index (χ1v) is 9.95. The highest BCUT2D eigenvalue weighted by Crippen LogP contribution is 2.41. The summed E-state index contributed by atoms with van der Waals surface area (Å²) in [6.07, 6.45) is 6.12. The van der Waals surface area contributed by atoms with Crippen molar-refractivity contribution in [2.24, 2.45) is 11.3 Å². The Morgan fingerprint density at radius 2 is 1.70 bits per heavy atom. The van der Waals surface area contributed by atoms with Gasteiger partial charge in [-0.15, -0.1) is 0 Å². The van der Waals surface area contributed by atoms with Crippen LogP contribution < -0.4 is 4.90 Å². The first kappa shape index (κ1) is 18.0. The SMILES string of the molecule is CC(C)CN1Cc2ccccc2CC2(CCN(c3ncccn3)CC2)C1=O. The number of piperidine rings is 1. The molecule has 142 valence electrons. The predicted molar refractivity (Wildman–Crippen MR) is 106 cm³/mol. The maximum absolute atomic E-state index is 13.6. The molecule has 5 heteroatoms. The third-order valence-corrected chi connectivity index (χ3v) is 5.89. The maximum Gasteiger partial charge on any atom is 0.229 e. The van der Waals surface area contributed by atoms with Crippen molar-refractivity contribution in [2.45, 2.75) is 39.7 Å². The second-order valence-corrected chi connectivity index (χ2v) is 8.34. The van der Waals surface area contributed by atoms with Gasteiger partial charge in [0.15, 0.2) is 0 Å². The van der Waals surface area contributed by atoms with Gasteiger partial charge in [-0.25, -0.2) is 9.97 Å². The Morgan fingerprint density at radius 3 is 2.37 bits per heavy atom. The smallest absolute Gasteiger partial charge is 0.229 e. The van der Waals surface area contributed by atoms with Gasteiger partial charge < -0.3 is 9.80 Å². The number of fused-ring (bicyclic) bond motifs is 1. The number of aromatic nitrogens is 2. The lowest BCUT2D eigenvalue weighted by Crippen LogP contribution is -2.51. The summed E-state index contributed by atoms with van der Waals surface area (Å²) >= 11 is 0. The summed E-state index contributed by atoms with van der Waals surface area (Å²) in [5.74, 6) is 1.57. The van der Waals surface area contributed by atoms with Crippen molar-refractivity contribution < 1.29 is 4.79 Å². The molecule has 2 aliphatic heterocycles. The number of amides is 1. The molecule has 0 radical (unpaired) electrons. The summed E-state index contributed by atoms with van der Waals surface area (Å²) in [7, 11) is 0. The van der Waals surface area contributed by atoms with Crippen LogP contribution in [0.25, 0.3) is 0 Å². The van der Waals surface area contributed by atoms with Gasteiger partial charge in [-0.1, -0.05) is 38.1 Å². The zero-order chi connectivity index (χ0) is 18.9. The van der Waals surface area contributed by atoms with E-state index in [2.05, 4.69) is 57.9 Å². The average molecular weight is 364 g/mol. The highest BCUT2D eigenvalue weighted by Gasteiger charge is 2.46. The van der Waals surface area contributed by atoms with Crippen LogP contribution in [0.1, 0.15) is 37.8 Å². The number of rotatable bonds is 3. The highest BCUT2D eigenvalue weighted by molar-refractivity contribution is 5.84. The van der Waals surface area contributed by atoms with Crippen LogP contribution in [0, 0.1) is 11.3 Å². The van der Waals surface area contributed by atoms with Gasteiger partial charge in [0.05, 0.1) is 5.41 Å². The fourth-order valence-corrected chi connectivity index (χ4v) is 4.51. The normalized spacial score (nSPS) is 19.3. The summed E-state index contributed by atoms with van der Waals surface area (Å²) in [5, 5.41) is 0. The lowest BCUT2D eigenvalue weighted by atomic mass is 9.73. The van der Waals surface area contributed by atoms with Crippen LogP contribution in [0.15, 0.2) is 42.7 Å². The minimum Gasteiger partial charge on any atom is -0.341 e. The van der Waals surface area contributed by atoms with Crippen molar-refractivity contribution in [1.82, 2.24) is 14.9 Å². The van der Waals surface area contributed by atoms with E-state index in [-0.39, 0.29) is 5.41 Å². The van der Waals surface area contributed by atoms with Crippen LogP contribution in [-0.2, 0) is 17.8 Å². The van der Waals surface area contributed by atoms with Crippen molar-refractivity contribution in [2.75, 3.05) is 24.5 Å². The first-order valence-electron chi connectivity index (χ1n) is 9.95. The van der Waals surface area contributed by atoms with Crippen molar-refractivity contribution in [3.05, 3.63) is 53.9 Å².